The first kappa shape index (κ1) is 63.0. The molecular formula is C50H100MoN2OS4. The van der Waals surface area contributed by atoms with Crippen molar-refractivity contribution in [3.63, 3.8) is 0 Å². The van der Waals surface area contributed by atoms with E-state index in [2.05, 4.69) is 37.5 Å². The van der Waals surface area contributed by atoms with Gasteiger partial charge in [0.2, 0.25) is 0 Å². The van der Waals surface area contributed by atoms with Gasteiger partial charge in [0.25, 0.3) is 0 Å². The fourth-order valence-corrected chi connectivity index (χ4v) is 8.48. The summed E-state index contributed by atoms with van der Waals surface area (Å²) in [6.45, 7) is 13.5. The molecule has 8 heteroatoms. The van der Waals surface area contributed by atoms with Crippen molar-refractivity contribution in [2.45, 2.75) is 285 Å². The third kappa shape index (κ3) is 54.7. The van der Waals surface area contributed by atoms with E-state index in [0.717, 1.165) is 26.2 Å². The summed E-state index contributed by atoms with van der Waals surface area (Å²) in [7, 11) is 0. The minimum absolute atomic E-state index is 0.687. The summed E-state index contributed by atoms with van der Waals surface area (Å²) in [6, 6.07) is 0. The van der Waals surface area contributed by atoms with Crippen LogP contribution < -0.4 is 0 Å². The number of rotatable bonds is 44. The van der Waals surface area contributed by atoms with Crippen molar-refractivity contribution >= 4 is 58.3 Å². The van der Waals surface area contributed by atoms with E-state index in [1.165, 1.54) is 257 Å². The SMILES string of the molecule is CCCCCCCCCCCCN(CCCCCCCCCCCC)C(=S)[S-].CCCCCCCCCCCCN(CCCCCCCCCCCC)C(=S)[S-].[O]=[Mo+2]. The summed E-state index contributed by atoms with van der Waals surface area (Å²) in [4.78, 5) is 4.56. The van der Waals surface area contributed by atoms with Gasteiger partial charge in [-0.3, -0.25) is 0 Å². The Bertz CT molecular complexity index is 683. The van der Waals surface area contributed by atoms with Gasteiger partial charge in [0.05, 0.1) is 0 Å². The number of nitrogens with zero attached hydrogens (tertiary/aromatic N) is 2. The van der Waals surface area contributed by atoms with Gasteiger partial charge in [-0.2, -0.15) is 0 Å². The molecule has 346 valence electrons. The van der Waals surface area contributed by atoms with Crippen LogP contribution in [-0.4, -0.2) is 44.6 Å². The first-order valence-corrected chi connectivity index (χ1v) is 28.0. The fraction of sp³-hybridized carbons (Fsp3) is 0.960. The first-order chi connectivity index (χ1) is 28.4. The van der Waals surface area contributed by atoms with Crippen LogP contribution in [0.1, 0.15) is 285 Å². The molecule has 0 N–H and O–H groups in total. The summed E-state index contributed by atoms with van der Waals surface area (Å²) < 4.78 is 9.63. The molecule has 0 bridgehead atoms. The van der Waals surface area contributed by atoms with Crippen LogP contribution in [0.25, 0.3) is 0 Å². The topological polar surface area (TPSA) is 23.6 Å². The molecular weight excluding hydrogens is 869 g/mol. The Hall–Kier alpha value is 0.708. The molecule has 0 amide bonds. The zero-order valence-corrected chi connectivity index (χ0v) is 44.7. The van der Waals surface area contributed by atoms with Crippen LogP contribution in [0.4, 0.5) is 0 Å². The van der Waals surface area contributed by atoms with Crippen molar-refractivity contribution in [1.29, 1.82) is 0 Å². The molecule has 0 spiro atoms. The van der Waals surface area contributed by atoms with Crippen molar-refractivity contribution in [2.24, 2.45) is 0 Å². The average Bonchev–Trinajstić information content (AvgIpc) is 3.22. The second kappa shape index (κ2) is 57.7. The zero-order valence-electron chi connectivity index (χ0n) is 39.5. The van der Waals surface area contributed by atoms with Crippen LogP contribution in [0, 0.1) is 0 Å². The van der Waals surface area contributed by atoms with Gasteiger partial charge in [-0.15, -0.1) is 0 Å². The number of thiocarbonyl (C=S) groups is 2. The van der Waals surface area contributed by atoms with E-state index in [-0.39, 0.29) is 0 Å². The quantitative estimate of drug-likeness (QED) is 0.0259. The van der Waals surface area contributed by atoms with Gasteiger partial charge in [-0.05, 0) is 25.7 Å². The molecule has 0 aliphatic rings. The molecule has 3 nitrogen and oxygen atoms in total. The van der Waals surface area contributed by atoms with Crippen LogP contribution in [0.2, 0.25) is 0 Å². The van der Waals surface area contributed by atoms with E-state index in [4.69, 9.17) is 53.1 Å². The molecule has 0 unspecified atom stereocenters. The molecule has 0 aromatic rings. The van der Waals surface area contributed by atoms with Crippen LogP contribution in [0.3, 0.4) is 0 Å². The molecule has 0 heterocycles. The molecule has 0 aromatic heterocycles. The second-order valence-electron chi connectivity index (χ2n) is 17.2. The second-order valence-corrected chi connectivity index (χ2v) is 19.3. The maximum absolute atomic E-state index is 8.26. The van der Waals surface area contributed by atoms with Crippen molar-refractivity contribution in [1.82, 2.24) is 9.80 Å². The Balaban J connectivity index is -0.000001000. The third-order valence-electron chi connectivity index (χ3n) is 11.6. The molecule has 0 aliphatic heterocycles. The van der Waals surface area contributed by atoms with Gasteiger partial charge in [0, 0.05) is 26.2 Å². The van der Waals surface area contributed by atoms with Crippen LogP contribution in [0.5, 0.6) is 0 Å². The minimum atomic E-state index is 0.687. The average molecular weight is 970 g/mol. The van der Waals surface area contributed by atoms with E-state index < -0.39 is 0 Å². The molecule has 0 fully saturated rings. The van der Waals surface area contributed by atoms with E-state index >= 15 is 0 Å². The fourth-order valence-electron chi connectivity index (χ4n) is 7.75. The molecule has 0 rings (SSSR count). The van der Waals surface area contributed by atoms with Crippen LogP contribution in [0.15, 0.2) is 0 Å². The maximum atomic E-state index is 8.26. The normalized spacial score (nSPS) is 10.7. The number of hydrogen-bond acceptors (Lipinski definition) is 5. The summed E-state index contributed by atoms with van der Waals surface area (Å²) in [5, 5.41) is 0. The predicted molar refractivity (Wildman–Crippen MR) is 271 cm³/mol. The molecule has 0 radical (unpaired) electrons. The third-order valence-corrected chi connectivity index (χ3v) is 12.7. The molecule has 0 aliphatic carbocycles. The van der Waals surface area contributed by atoms with Gasteiger partial charge in [-0.25, -0.2) is 0 Å². The van der Waals surface area contributed by atoms with Crippen LogP contribution in [-0.2, 0) is 48.4 Å². The van der Waals surface area contributed by atoms with Gasteiger partial charge >= 0.3 is 23.2 Å². The Labute approximate surface area is 399 Å². The van der Waals surface area contributed by atoms with Crippen molar-refractivity contribution in [2.75, 3.05) is 26.2 Å². The first-order valence-electron chi connectivity index (χ1n) is 25.5. The summed E-state index contributed by atoms with van der Waals surface area (Å²) in [5.41, 5.74) is 0. The van der Waals surface area contributed by atoms with E-state index in [1.807, 2.05) is 0 Å². The van der Waals surface area contributed by atoms with Crippen LogP contribution >= 0.6 is 24.4 Å². The summed E-state index contributed by atoms with van der Waals surface area (Å²) in [6.07, 6.45) is 55.4. The van der Waals surface area contributed by atoms with Gasteiger partial charge < -0.3 is 59.5 Å². The Kier molecular flexibility index (Phi) is 62.7. The zero-order chi connectivity index (χ0) is 43.4. The molecule has 0 aromatic carbocycles. The van der Waals surface area contributed by atoms with E-state index in [1.54, 1.807) is 0 Å². The standard InChI is InChI=1S/2C25H51NS2.Mo.O/c2*1-3-5-7-9-11-13-15-17-19-21-23-26(25(27)28)24-22-20-18-16-14-12-10-8-6-4-2;;/h2*3-24H2,1-2H3,(H,27,28);;/q;;+2;/p-2. The Morgan fingerprint density at radius 2 is 0.414 bits per heavy atom. The van der Waals surface area contributed by atoms with Gasteiger partial charge in [-0.1, -0.05) is 267 Å². The van der Waals surface area contributed by atoms with Gasteiger partial charge in [0.1, 0.15) is 0 Å². The van der Waals surface area contributed by atoms with E-state index in [0.29, 0.717) is 28.4 Å². The number of hydrogen-bond donors (Lipinski definition) is 0. The predicted octanol–water partition coefficient (Wildman–Crippen LogP) is 17.8. The van der Waals surface area contributed by atoms with Crippen molar-refractivity contribution in [3.05, 3.63) is 0 Å². The Morgan fingerprint density at radius 1 is 0.293 bits per heavy atom. The monoisotopic (exact) mass is 971 g/mol. The molecule has 0 atom stereocenters. The summed E-state index contributed by atoms with van der Waals surface area (Å²) in [5.74, 6) is 0. The molecule has 0 saturated carbocycles. The number of unbranched alkanes of at least 4 members (excludes halogenated alkanes) is 36. The van der Waals surface area contributed by atoms with Gasteiger partial charge in [0.15, 0.2) is 0 Å². The Morgan fingerprint density at radius 3 is 0.534 bits per heavy atom. The molecule has 58 heavy (non-hydrogen) atoms. The molecule has 0 saturated heterocycles. The van der Waals surface area contributed by atoms with Crippen molar-refractivity contribution < 1.29 is 23.2 Å². The summed E-state index contributed by atoms with van der Waals surface area (Å²) >= 11 is 21.9. The van der Waals surface area contributed by atoms with E-state index in [9.17, 15) is 0 Å². The van der Waals surface area contributed by atoms with Crippen molar-refractivity contribution in [3.8, 4) is 0 Å².